The van der Waals surface area contributed by atoms with E-state index in [1.165, 1.54) is 25.7 Å². The minimum Gasteiger partial charge on any atom is -0.379 e. The largest absolute Gasteiger partial charge is 0.379 e. The van der Waals surface area contributed by atoms with Crippen molar-refractivity contribution in [2.24, 2.45) is 11.8 Å². The lowest BCUT2D eigenvalue weighted by molar-refractivity contribution is -0.125. The van der Waals surface area contributed by atoms with Gasteiger partial charge in [0.1, 0.15) is 0 Å². The zero-order valence-electron chi connectivity index (χ0n) is 10.7. The first-order valence-corrected chi connectivity index (χ1v) is 6.90. The molecule has 2 rings (SSSR count). The van der Waals surface area contributed by atoms with Gasteiger partial charge in [0.25, 0.3) is 0 Å². The van der Waals surface area contributed by atoms with Crippen molar-refractivity contribution in [3.05, 3.63) is 0 Å². The van der Waals surface area contributed by atoms with Gasteiger partial charge in [-0.3, -0.25) is 4.79 Å². The number of hydrogen-bond donors (Lipinski definition) is 2. The summed E-state index contributed by atoms with van der Waals surface area (Å²) in [6.07, 6.45) is 5.20. The van der Waals surface area contributed by atoms with Gasteiger partial charge < -0.3 is 15.4 Å². The molecule has 1 heterocycles. The van der Waals surface area contributed by atoms with Crippen molar-refractivity contribution in [2.75, 3.05) is 26.3 Å². The van der Waals surface area contributed by atoms with E-state index in [2.05, 4.69) is 17.6 Å². The summed E-state index contributed by atoms with van der Waals surface area (Å²) < 4.78 is 5.39. The summed E-state index contributed by atoms with van der Waals surface area (Å²) in [7, 11) is 0. The summed E-state index contributed by atoms with van der Waals surface area (Å²) in [5.74, 6) is 0.871. The Labute approximate surface area is 103 Å². The third-order valence-corrected chi connectivity index (χ3v) is 3.92. The minimum absolute atomic E-state index is 0.00338. The lowest BCUT2D eigenvalue weighted by Crippen LogP contribution is -2.44. The van der Waals surface area contributed by atoms with E-state index < -0.39 is 0 Å². The molecule has 1 aliphatic heterocycles. The van der Waals surface area contributed by atoms with Crippen LogP contribution < -0.4 is 10.6 Å². The van der Waals surface area contributed by atoms with Crippen LogP contribution in [0.3, 0.4) is 0 Å². The molecule has 0 aromatic rings. The lowest BCUT2D eigenvalue weighted by Gasteiger charge is -2.19. The molecule has 2 atom stereocenters. The van der Waals surface area contributed by atoms with Gasteiger partial charge in [0.15, 0.2) is 0 Å². The Hall–Kier alpha value is -0.610. The smallest absolute Gasteiger partial charge is 0.227 e. The number of carbonyl (C=O) groups is 1. The fourth-order valence-corrected chi connectivity index (χ4v) is 2.87. The first-order valence-electron chi connectivity index (χ1n) is 6.90. The molecule has 2 N–H and O–H groups in total. The second-order valence-corrected chi connectivity index (χ2v) is 5.20. The van der Waals surface area contributed by atoms with Gasteiger partial charge in [0.2, 0.25) is 5.91 Å². The van der Waals surface area contributed by atoms with E-state index in [1.807, 2.05) is 0 Å². The second kappa shape index (κ2) is 6.36. The molecule has 0 aromatic carbocycles. The van der Waals surface area contributed by atoms with E-state index in [0.29, 0.717) is 19.1 Å². The van der Waals surface area contributed by atoms with Crippen molar-refractivity contribution in [2.45, 2.75) is 38.6 Å². The molecular formula is C13H24N2O2. The number of carbonyl (C=O) groups excluding carboxylic acids is 1. The van der Waals surface area contributed by atoms with E-state index in [-0.39, 0.29) is 17.9 Å². The van der Waals surface area contributed by atoms with Crippen molar-refractivity contribution in [1.29, 1.82) is 0 Å². The Morgan fingerprint density at radius 1 is 1.29 bits per heavy atom. The fraction of sp³-hybridized carbons (Fsp3) is 0.923. The molecule has 2 aliphatic rings. The number of ether oxygens (including phenoxy) is 1. The SMILES string of the molecule is CCNC1COCC1C(=O)NCC1CCCC1. The van der Waals surface area contributed by atoms with Crippen LogP contribution in [-0.2, 0) is 9.53 Å². The lowest BCUT2D eigenvalue weighted by atomic mass is 10.0. The van der Waals surface area contributed by atoms with E-state index in [4.69, 9.17) is 4.74 Å². The first kappa shape index (κ1) is 12.8. The van der Waals surface area contributed by atoms with Gasteiger partial charge in [-0.2, -0.15) is 0 Å². The van der Waals surface area contributed by atoms with Gasteiger partial charge in [-0.05, 0) is 25.3 Å². The van der Waals surface area contributed by atoms with Gasteiger partial charge in [0, 0.05) is 12.6 Å². The number of rotatable bonds is 5. The molecule has 0 aromatic heterocycles. The highest BCUT2D eigenvalue weighted by Crippen LogP contribution is 2.24. The minimum atomic E-state index is -0.00338. The van der Waals surface area contributed by atoms with Crippen LogP contribution >= 0.6 is 0 Å². The summed E-state index contributed by atoms with van der Waals surface area (Å²) >= 11 is 0. The highest BCUT2D eigenvalue weighted by molar-refractivity contribution is 5.79. The Morgan fingerprint density at radius 3 is 2.76 bits per heavy atom. The average Bonchev–Trinajstić information content (AvgIpc) is 2.97. The quantitative estimate of drug-likeness (QED) is 0.751. The molecule has 1 saturated heterocycles. The Balaban J connectivity index is 1.74. The summed E-state index contributed by atoms with van der Waals surface area (Å²) in [6.45, 7) is 5.03. The van der Waals surface area contributed by atoms with Gasteiger partial charge >= 0.3 is 0 Å². The fourth-order valence-electron chi connectivity index (χ4n) is 2.87. The average molecular weight is 240 g/mol. The highest BCUT2D eigenvalue weighted by atomic mass is 16.5. The van der Waals surface area contributed by atoms with Crippen LogP contribution in [0.4, 0.5) is 0 Å². The summed E-state index contributed by atoms with van der Waals surface area (Å²) in [5, 5.41) is 6.41. The maximum Gasteiger partial charge on any atom is 0.227 e. The Kier molecular flexibility index (Phi) is 4.80. The Bertz CT molecular complexity index is 252. The van der Waals surface area contributed by atoms with Crippen LogP contribution in [0.2, 0.25) is 0 Å². The van der Waals surface area contributed by atoms with E-state index in [9.17, 15) is 4.79 Å². The molecule has 1 aliphatic carbocycles. The highest BCUT2D eigenvalue weighted by Gasteiger charge is 2.33. The van der Waals surface area contributed by atoms with Crippen molar-refractivity contribution in [1.82, 2.24) is 10.6 Å². The predicted molar refractivity (Wildman–Crippen MR) is 66.7 cm³/mol. The summed E-state index contributed by atoms with van der Waals surface area (Å²) in [5.41, 5.74) is 0. The number of hydrogen-bond acceptors (Lipinski definition) is 3. The molecule has 2 unspecified atom stereocenters. The van der Waals surface area contributed by atoms with Crippen molar-refractivity contribution < 1.29 is 9.53 Å². The van der Waals surface area contributed by atoms with Crippen molar-refractivity contribution in [3.63, 3.8) is 0 Å². The second-order valence-electron chi connectivity index (χ2n) is 5.20. The molecule has 2 fully saturated rings. The predicted octanol–water partition coefficient (Wildman–Crippen LogP) is 0.917. The number of amides is 1. The topological polar surface area (TPSA) is 50.4 Å². The Morgan fingerprint density at radius 2 is 2.06 bits per heavy atom. The zero-order valence-corrected chi connectivity index (χ0v) is 10.7. The van der Waals surface area contributed by atoms with Crippen LogP contribution in [0.5, 0.6) is 0 Å². The molecule has 98 valence electrons. The van der Waals surface area contributed by atoms with E-state index in [1.54, 1.807) is 0 Å². The standard InChI is InChI=1S/C13H24N2O2/c1-2-14-12-9-17-8-11(12)13(16)15-7-10-5-3-4-6-10/h10-12,14H,2-9H2,1H3,(H,15,16). The first-order chi connectivity index (χ1) is 8.31. The van der Waals surface area contributed by atoms with E-state index in [0.717, 1.165) is 13.1 Å². The monoisotopic (exact) mass is 240 g/mol. The van der Waals surface area contributed by atoms with Crippen molar-refractivity contribution >= 4 is 5.91 Å². The van der Waals surface area contributed by atoms with Crippen molar-refractivity contribution in [3.8, 4) is 0 Å². The third-order valence-electron chi connectivity index (χ3n) is 3.92. The van der Waals surface area contributed by atoms with Crippen LogP contribution in [0.25, 0.3) is 0 Å². The molecule has 17 heavy (non-hydrogen) atoms. The van der Waals surface area contributed by atoms with Crippen LogP contribution in [-0.4, -0.2) is 38.3 Å². The molecule has 0 radical (unpaired) electrons. The summed E-state index contributed by atoms with van der Waals surface area (Å²) in [4.78, 5) is 12.1. The van der Waals surface area contributed by atoms with Gasteiger partial charge in [-0.25, -0.2) is 0 Å². The van der Waals surface area contributed by atoms with Gasteiger partial charge in [-0.15, -0.1) is 0 Å². The van der Waals surface area contributed by atoms with Crippen LogP contribution in [0.1, 0.15) is 32.6 Å². The zero-order chi connectivity index (χ0) is 12.1. The molecular weight excluding hydrogens is 216 g/mol. The molecule has 1 saturated carbocycles. The third kappa shape index (κ3) is 3.42. The van der Waals surface area contributed by atoms with Gasteiger partial charge in [-0.1, -0.05) is 19.8 Å². The summed E-state index contributed by atoms with van der Waals surface area (Å²) in [6, 6.07) is 0.198. The van der Waals surface area contributed by atoms with Crippen LogP contribution in [0, 0.1) is 11.8 Å². The molecule has 1 amide bonds. The maximum atomic E-state index is 12.1. The maximum absolute atomic E-state index is 12.1. The van der Waals surface area contributed by atoms with Gasteiger partial charge in [0.05, 0.1) is 19.1 Å². The molecule has 0 bridgehead atoms. The molecule has 4 nitrogen and oxygen atoms in total. The molecule has 0 spiro atoms. The molecule has 4 heteroatoms. The van der Waals surface area contributed by atoms with E-state index >= 15 is 0 Å². The normalized spacial score (nSPS) is 29.7. The van der Waals surface area contributed by atoms with Crippen LogP contribution in [0.15, 0.2) is 0 Å². The number of nitrogens with one attached hydrogen (secondary N) is 2. The number of likely N-dealkylation sites (N-methyl/N-ethyl adjacent to an activating group) is 1.